The zero-order valence-corrected chi connectivity index (χ0v) is 12.7. The van der Waals surface area contributed by atoms with Crippen LogP contribution in [0, 0.1) is 11.7 Å². The van der Waals surface area contributed by atoms with E-state index in [0.29, 0.717) is 29.6 Å². The predicted molar refractivity (Wildman–Crippen MR) is 81.4 cm³/mol. The van der Waals surface area contributed by atoms with E-state index in [2.05, 4.69) is 24.1 Å². The van der Waals surface area contributed by atoms with Gasteiger partial charge in [0.25, 0.3) is 0 Å². The molecule has 0 aromatic heterocycles. The fraction of sp³-hybridized carbons (Fsp3) is 0.562. The molecule has 0 aliphatic carbocycles. The Morgan fingerprint density at radius 2 is 2.29 bits per heavy atom. The molecule has 3 N–H and O–H groups in total. The summed E-state index contributed by atoms with van der Waals surface area (Å²) in [4.78, 5) is 13.6. The molecule has 1 amide bonds. The predicted octanol–water partition coefficient (Wildman–Crippen LogP) is 1.74. The Morgan fingerprint density at radius 1 is 1.52 bits per heavy atom. The highest BCUT2D eigenvalue weighted by molar-refractivity contribution is 5.92. The summed E-state index contributed by atoms with van der Waals surface area (Å²) in [5, 5.41) is 3.29. The Morgan fingerprint density at radius 3 is 2.90 bits per heavy atom. The van der Waals surface area contributed by atoms with Gasteiger partial charge in [-0.3, -0.25) is 4.79 Å². The molecule has 4 nitrogen and oxygen atoms in total. The Balaban J connectivity index is 1.84. The molecule has 1 aliphatic heterocycles. The molecule has 116 valence electrons. The molecule has 1 fully saturated rings. The van der Waals surface area contributed by atoms with Gasteiger partial charge < -0.3 is 16.0 Å². The third-order valence-corrected chi connectivity index (χ3v) is 4.13. The summed E-state index contributed by atoms with van der Waals surface area (Å²) in [5.41, 5.74) is 6.06. The zero-order valence-electron chi connectivity index (χ0n) is 12.7. The summed E-state index contributed by atoms with van der Waals surface area (Å²) in [6.45, 7) is 7.93. The third-order valence-electron chi connectivity index (χ3n) is 4.13. The maximum atomic E-state index is 13.7. The number of rotatable bonds is 6. The van der Waals surface area contributed by atoms with Gasteiger partial charge in [-0.25, -0.2) is 4.39 Å². The van der Waals surface area contributed by atoms with E-state index in [1.165, 1.54) is 24.6 Å². The number of amides is 1. The van der Waals surface area contributed by atoms with Gasteiger partial charge in [-0.2, -0.15) is 0 Å². The van der Waals surface area contributed by atoms with Crippen LogP contribution in [0.25, 0.3) is 0 Å². The SMILES string of the molecule is CC(C)N1CCC(CNCc2cc(C(N)=O)ccc2F)C1. The number of nitrogens with one attached hydrogen (secondary N) is 1. The first-order chi connectivity index (χ1) is 9.97. The van der Waals surface area contributed by atoms with Crippen molar-refractivity contribution in [2.75, 3.05) is 19.6 Å². The van der Waals surface area contributed by atoms with Crippen LogP contribution < -0.4 is 11.1 Å². The fourth-order valence-electron chi connectivity index (χ4n) is 2.77. The lowest BCUT2D eigenvalue weighted by Crippen LogP contribution is -2.30. The Bertz CT molecular complexity index is 504. The molecular formula is C16H24FN3O. The van der Waals surface area contributed by atoms with Crippen LogP contribution in [0.2, 0.25) is 0 Å². The molecule has 0 saturated carbocycles. The molecule has 1 saturated heterocycles. The number of benzene rings is 1. The summed E-state index contributed by atoms with van der Waals surface area (Å²) in [7, 11) is 0. The molecule has 21 heavy (non-hydrogen) atoms. The number of nitrogens with zero attached hydrogens (tertiary/aromatic N) is 1. The minimum Gasteiger partial charge on any atom is -0.366 e. The number of carbonyl (C=O) groups is 1. The maximum absolute atomic E-state index is 13.7. The maximum Gasteiger partial charge on any atom is 0.248 e. The molecule has 0 bridgehead atoms. The average Bonchev–Trinajstić information content (AvgIpc) is 2.89. The minimum absolute atomic E-state index is 0.303. The van der Waals surface area contributed by atoms with Crippen LogP contribution in [0.1, 0.15) is 36.2 Å². The van der Waals surface area contributed by atoms with Gasteiger partial charge >= 0.3 is 0 Å². The van der Waals surface area contributed by atoms with Crippen LogP contribution in [0.3, 0.4) is 0 Å². The van der Waals surface area contributed by atoms with Crippen molar-refractivity contribution in [1.82, 2.24) is 10.2 Å². The highest BCUT2D eigenvalue weighted by atomic mass is 19.1. The van der Waals surface area contributed by atoms with Crippen LogP contribution in [-0.2, 0) is 6.54 Å². The summed E-state index contributed by atoms with van der Waals surface area (Å²) in [6, 6.07) is 4.82. The molecule has 1 heterocycles. The van der Waals surface area contributed by atoms with E-state index in [1.807, 2.05) is 0 Å². The standard InChI is InChI=1S/C16H24FN3O/c1-11(2)20-6-5-12(10-20)8-19-9-14-7-13(16(18)21)3-4-15(14)17/h3-4,7,11-12,19H,5-6,8-10H2,1-2H3,(H2,18,21). The van der Waals surface area contributed by atoms with E-state index in [-0.39, 0.29) is 5.82 Å². The normalized spacial score (nSPS) is 19.3. The van der Waals surface area contributed by atoms with E-state index < -0.39 is 5.91 Å². The van der Waals surface area contributed by atoms with E-state index in [4.69, 9.17) is 5.73 Å². The van der Waals surface area contributed by atoms with Gasteiger partial charge in [0.15, 0.2) is 0 Å². The smallest absolute Gasteiger partial charge is 0.248 e. The van der Waals surface area contributed by atoms with Gasteiger partial charge in [0.2, 0.25) is 5.91 Å². The van der Waals surface area contributed by atoms with Crippen molar-refractivity contribution in [3.05, 3.63) is 35.1 Å². The number of nitrogens with two attached hydrogens (primary N) is 1. The van der Waals surface area contributed by atoms with Crippen LogP contribution in [0.15, 0.2) is 18.2 Å². The highest BCUT2D eigenvalue weighted by Crippen LogP contribution is 2.18. The van der Waals surface area contributed by atoms with Crippen molar-refractivity contribution >= 4 is 5.91 Å². The van der Waals surface area contributed by atoms with Crippen LogP contribution in [0.5, 0.6) is 0 Å². The van der Waals surface area contributed by atoms with Gasteiger partial charge in [0.05, 0.1) is 0 Å². The zero-order chi connectivity index (χ0) is 15.4. The van der Waals surface area contributed by atoms with Crippen molar-refractivity contribution < 1.29 is 9.18 Å². The molecule has 0 radical (unpaired) electrons. The lowest BCUT2D eigenvalue weighted by molar-refractivity contribution is 0.1000. The molecule has 1 unspecified atom stereocenters. The van der Waals surface area contributed by atoms with E-state index >= 15 is 0 Å². The lowest BCUT2D eigenvalue weighted by Gasteiger charge is -2.20. The number of halogens is 1. The minimum atomic E-state index is -0.528. The van der Waals surface area contributed by atoms with E-state index in [9.17, 15) is 9.18 Å². The molecule has 1 aliphatic rings. The van der Waals surface area contributed by atoms with Crippen LogP contribution >= 0.6 is 0 Å². The van der Waals surface area contributed by atoms with Crippen molar-refractivity contribution in [3.63, 3.8) is 0 Å². The second kappa shape index (κ2) is 7.00. The number of likely N-dealkylation sites (tertiary alicyclic amines) is 1. The lowest BCUT2D eigenvalue weighted by atomic mass is 10.1. The number of hydrogen-bond acceptors (Lipinski definition) is 3. The molecule has 1 aromatic rings. The van der Waals surface area contributed by atoms with E-state index in [1.54, 1.807) is 0 Å². The third kappa shape index (κ3) is 4.25. The monoisotopic (exact) mass is 293 g/mol. The van der Waals surface area contributed by atoms with Crippen molar-refractivity contribution in [2.24, 2.45) is 11.7 Å². The molecule has 1 atom stereocenters. The van der Waals surface area contributed by atoms with Gasteiger partial charge in [-0.1, -0.05) is 0 Å². The Kier molecular flexibility index (Phi) is 5.31. The molecule has 2 rings (SSSR count). The van der Waals surface area contributed by atoms with Crippen LogP contribution in [0.4, 0.5) is 4.39 Å². The first-order valence-electron chi connectivity index (χ1n) is 7.50. The number of hydrogen-bond donors (Lipinski definition) is 2. The largest absolute Gasteiger partial charge is 0.366 e. The Labute approximate surface area is 125 Å². The van der Waals surface area contributed by atoms with Gasteiger partial charge in [0.1, 0.15) is 5.82 Å². The summed E-state index contributed by atoms with van der Waals surface area (Å²) >= 11 is 0. The fourth-order valence-corrected chi connectivity index (χ4v) is 2.77. The van der Waals surface area contributed by atoms with Gasteiger partial charge in [0, 0.05) is 30.3 Å². The first kappa shape index (κ1) is 15.9. The summed E-state index contributed by atoms with van der Waals surface area (Å²) in [5.74, 6) is -0.225. The van der Waals surface area contributed by atoms with Gasteiger partial charge in [-0.15, -0.1) is 0 Å². The summed E-state index contributed by atoms with van der Waals surface area (Å²) in [6.07, 6.45) is 1.18. The molecule has 0 spiro atoms. The quantitative estimate of drug-likeness (QED) is 0.840. The second-order valence-corrected chi connectivity index (χ2v) is 6.04. The van der Waals surface area contributed by atoms with Crippen LogP contribution in [-0.4, -0.2) is 36.5 Å². The van der Waals surface area contributed by atoms with Gasteiger partial charge in [-0.05, 0) is 57.5 Å². The molecule has 1 aromatic carbocycles. The Hall–Kier alpha value is -1.46. The number of carbonyl (C=O) groups excluding carboxylic acids is 1. The van der Waals surface area contributed by atoms with E-state index in [0.717, 1.165) is 19.6 Å². The average molecular weight is 293 g/mol. The molecular weight excluding hydrogens is 269 g/mol. The topological polar surface area (TPSA) is 58.4 Å². The van der Waals surface area contributed by atoms with Crippen molar-refractivity contribution in [2.45, 2.75) is 32.9 Å². The van der Waals surface area contributed by atoms with Crippen molar-refractivity contribution in [1.29, 1.82) is 0 Å². The molecule has 5 heteroatoms. The first-order valence-corrected chi connectivity index (χ1v) is 7.50. The second-order valence-electron chi connectivity index (χ2n) is 6.04. The number of primary amides is 1. The van der Waals surface area contributed by atoms with Crippen molar-refractivity contribution in [3.8, 4) is 0 Å². The highest BCUT2D eigenvalue weighted by Gasteiger charge is 2.23. The summed E-state index contributed by atoms with van der Waals surface area (Å²) < 4.78 is 13.7.